The van der Waals surface area contributed by atoms with Crippen LogP contribution >= 0.6 is 0 Å². The lowest BCUT2D eigenvalue weighted by molar-refractivity contribution is -0.910. The third-order valence-electron chi connectivity index (χ3n) is 4.61. The first-order chi connectivity index (χ1) is 12.0. The van der Waals surface area contributed by atoms with Crippen molar-refractivity contribution in [3.8, 4) is 11.5 Å². The standard InChI is InChI=1S/C20H22N2O3/c1-4-22(5-2)12-15-16(23)9-13(3)18-19(24)17(25-20(15)18)10-14-7-6-8-21-11-14/h6-11,23H,4-5,12H2,1-3H3/b17-10-. The van der Waals surface area contributed by atoms with Crippen LogP contribution in [0.2, 0.25) is 0 Å². The van der Waals surface area contributed by atoms with Crippen molar-refractivity contribution in [3.63, 3.8) is 0 Å². The predicted molar refractivity (Wildman–Crippen MR) is 93.5 cm³/mol. The molecule has 1 N–H and O–H groups in total. The molecule has 130 valence electrons. The summed E-state index contributed by atoms with van der Waals surface area (Å²) in [6, 6.07) is 5.20. The molecular weight excluding hydrogens is 316 g/mol. The number of ether oxygens (including phenoxy) is 1. The van der Waals surface area contributed by atoms with Crippen LogP contribution in [0.25, 0.3) is 6.08 Å². The van der Waals surface area contributed by atoms with E-state index in [0.29, 0.717) is 29.0 Å². The molecule has 2 heterocycles. The number of Topliss-reactive ketones (excluding diaryl/α,β-unsaturated/α-hetero) is 1. The first-order valence-electron chi connectivity index (χ1n) is 8.56. The lowest BCUT2D eigenvalue weighted by Gasteiger charge is -2.22. The third kappa shape index (κ3) is 3.28. The second kappa shape index (κ2) is 7.07. The van der Waals surface area contributed by atoms with Gasteiger partial charge in [0.1, 0.15) is 12.3 Å². The van der Waals surface area contributed by atoms with E-state index in [1.165, 1.54) is 4.90 Å². The molecule has 0 saturated carbocycles. The monoisotopic (exact) mass is 338 g/mol. The van der Waals surface area contributed by atoms with Crippen LogP contribution in [0.5, 0.6) is 11.5 Å². The van der Waals surface area contributed by atoms with Gasteiger partial charge in [-0.2, -0.15) is 0 Å². The fraction of sp³-hybridized carbons (Fsp3) is 0.300. The molecule has 25 heavy (non-hydrogen) atoms. The summed E-state index contributed by atoms with van der Waals surface area (Å²) >= 11 is 0. The molecule has 0 atom stereocenters. The Morgan fingerprint density at radius 3 is 2.72 bits per heavy atom. The molecule has 1 aliphatic heterocycles. The molecule has 0 bridgehead atoms. The van der Waals surface area contributed by atoms with E-state index in [0.717, 1.165) is 18.7 Å². The number of hydrogen-bond acceptors (Lipinski definition) is 4. The molecule has 3 rings (SSSR count). The summed E-state index contributed by atoms with van der Waals surface area (Å²) in [4.78, 5) is 18.1. The summed E-state index contributed by atoms with van der Waals surface area (Å²) in [5.74, 6) is 0.440. The van der Waals surface area contributed by atoms with E-state index < -0.39 is 0 Å². The zero-order valence-corrected chi connectivity index (χ0v) is 14.8. The summed E-state index contributed by atoms with van der Waals surface area (Å²) in [6.45, 7) is 8.31. The highest BCUT2D eigenvalue weighted by Gasteiger charge is 2.32. The minimum absolute atomic E-state index is 0.0638. The van der Waals surface area contributed by atoms with Gasteiger partial charge in [0.2, 0.25) is 5.78 Å². The Bertz CT molecular complexity index is 825. The Morgan fingerprint density at radius 2 is 2.08 bits per heavy atom. The maximum Gasteiger partial charge on any atom is 0.232 e. The SMILES string of the molecule is CC[NH+](CC)Cc1c([O-])cc(C)c2c1O/C(=C\c1cccnc1)C2=O. The molecule has 1 aromatic heterocycles. The van der Waals surface area contributed by atoms with Gasteiger partial charge in [-0.3, -0.25) is 9.78 Å². The van der Waals surface area contributed by atoms with Gasteiger partial charge in [-0.1, -0.05) is 17.9 Å². The van der Waals surface area contributed by atoms with Gasteiger partial charge >= 0.3 is 0 Å². The summed E-state index contributed by atoms with van der Waals surface area (Å²) in [6.07, 6.45) is 5.01. The Balaban J connectivity index is 2.04. The molecule has 0 aliphatic carbocycles. The number of allylic oxidation sites excluding steroid dienone is 1. The molecular formula is C20H22N2O3. The summed E-state index contributed by atoms with van der Waals surface area (Å²) < 4.78 is 5.88. The van der Waals surface area contributed by atoms with E-state index in [4.69, 9.17) is 4.74 Å². The van der Waals surface area contributed by atoms with Crippen molar-refractivity contribution >= 4 is 11.9 Å². The fourth-order valence-corrected chi connectivity index (χ4v) is 3.10. The largest absolute Gasteiger partial charge is 0.872 e. The molecule has 2 aromatic rings. The van der Waals surface area contributed by atoms with Crippen LogP contribution in [0.4, 0.5) is 0 Å². The predicted octanol–water partition coefficient (Wildman–Crippen LogP) is 1.50. The Labute approximate surface area is 147 Å². The van der Waals surface area contributed by atoms with Crippen molar-refractivity contribution < 1.29 is 19.5 Å². The van der Waals surface area contributed by atoms with Gasteiger partial charge in [0.25, 0.3) is 0 Å². The highest BCUT2D eigenvalue weighted by molar-refractivity contribution is 6.15. The van der Waals surface area contributed by atoms with Crippen molar-refractivity contribution in [1.82, 2.24) is 4.98 Å². The van der Waals surface area contributed by atoms with Crippen molar-refractivity contribution in [2.45, 2.75) is 27.3 Å². The first kappa shape index (κ1) is 17.2. The lowest BCUT2D eigenvalue weighted by Crippen LogP contribution is -3.10. The van der Waals surface area contributed by atoms with E-state index in [2.05, 4.69) is 18.8 Å². The number of benzene rings is 1. The van der Waals surface area contributed by atoms with Gasteiger partial charge in [0.05, 0.1) is 18.7 Å². The number of quaternary nitrogens is 1. The summed E-state index contributed by atoms with van der Waals surface area (Å²) in [5.41, 5.74) is 2.55. The number of ketones is 1. The van der Waals surface area contributed by atoms with Crippen LogP contribution in [0.15, 0.2) is 36.4 Å². The number of aryl methyl sites for hydroxylation is 1. The van der Waals surface area contributed by atoms with Crippen molar-refractivity contribution in [2.24, 2.45) is 0 Å². The van der Waals surface area contributed by atoms with E-state index in [1.54, 1.807) is 37.5 Å². The summed E-state index contributed by atoms with van der Waals surface area (Å²) in [7, 11) is 0. The van der Waals surface area contributed by atoms with E-state index in [1.807, 2.05) is 6.07 Å². The average Bonchev–Trinajstić information content (AvgIpc) is 2.93. The van der Waals surface area contributed by atoms with Crippen molar-refractivity contribution in [3.05, 3.63) is 58.6 Å². The lowest BCUT2D eigenvalue weighted by atomic mass is 9.99. The van der Waals surface area contributed by atoms with Crippen LogP contribution < -0.4 is 14.7 Å². The number of rotatable bonds is 5. The topological polar surface area (TPSA) is 66.7 Å². The van der Waals surface area contributed by atoms with Crippen molar-refractivity contribution in [1.29, 1.82) is 0 Å². The molecule has 5 heteroatoms. The van der Waals surface area contributed by atoms with Crippen LogP contribution in [0.3, 0.4) is 0 Å². The molecule has 0 radical (unpaired) electrons. The minimum atomic E-state index is -0.174. The van der Waals surface area contributed by atoms with Crippen LogP contribution in [-0.4, -0.2) is 23.9 Å². The molecule has 0 saturated heterocycles. The summed E-state index contributed by atoms with van der Waals surface area (Å²) in [5, 5.41) is 12.5. The number of carbonyl (C=O) groups is 1. The normalized spacial score (nSPS) is 14.9. The first-order valence-corrected chi connectivity index (χ1v) is 8.56. The van der Waals surface area contributed by atoms with Gasteiger partial charge in [-0.05, 0) is 44.0 Å². The molecule has 0 fully saturated rings. The second-order valence-corrected chi connectivity index (χ2v) is 6.23. The maximum atomic E-state index is 12.8. The number of aromatic nitrogens is 1. The van der Waals surface area contributed by atoms with Crippen LogP contribution in [0.1, 0.15) is 40.9 Å². The molecule has 1 aliphatic rings. The van der Waals surface area contributed by atoms with Gasteiger partial charge in [0.15, 0.2) is 5.76 Å². The number of pyridine rings is 1. The quantitative estimate of drug-likeness (QED) is 0.839. The average molecular weight is 338 g/mol. The number of hydrogen-bond donors (Lipinski definition) is 1. The number of carbonyl (C=O) groups excluding carboxylic acids is 1. The molecule has 0 spiro atoms. The zero-order chi connectivity index (χ0) is 18.0. The minimum Gasteiger partial charge on any atom is -0.872 e. The highest BCUT2D eigenvalue weighted by atomic mass is 16.5. The Hall–Kier alpha value is -2.66. The molecule has 5 nitrogen and oxygen atoms in total. The third-order valence-corrected chi connectivity index (χ3v) is 4.61. The van der Waals surface area contributed by atoms with Crippen LogP contribution in [0, 0.1) is 6.92 Å². The van der Waals surface area contributed by atoms with Gasteiger partial charge < -0.3 is 14.7 Å². The number of nitrogens with zero attached hydrogens (tertiary/aromatic N) is 1. The van der Waals surface area contributed by atoms with Crippen molar-refractivity contribution in [2.75, 3.05) is 13.1 Å². The molecule has 1 aromatic carbocycles. The number of fused-ring (bicyclic) bond motifs is 1. The Morgan fingerprint density at radius 1 is 1.32 bits per heavy atom. The molecule has 0 unspecified atom stereocenters. The van der Waals surface area contributed by atoms with E-state index >= 15 is 0 Å². The van der Waals surface area contributed by atoms with Gasteiger partial charge in [0, 0.05) is 18.0 Å². The molecule has 0 amide bonds. The van der Waals surface area contributed by atoms with E-state index in [-0.39, 0.29) is 17.3 Å². The number of nitrogens with one attached hydrogen (secondary N) is 1. The second-order valence-electron chi connectivity index (χ2n) is 6.23. The maximum absolute atomic E-state index is 12.8. The smallest absolute Gasteiger partial charge is 0.232 e. The Kier molecular flexibility index (Phi) is 4.86. The van der Waals surface area contributed by atoms with E-state index in [9.17, 15) is 9.90 Å². The van der Waals surface area contributed by atoms with Crippen LogP contribution in [-0.2, 0) is 6.54 Å². The van der Waals surface area contributed by atoms with Gasteiger partial charge in [-0.25, -0.2) is 0 Å². The zero-order valence-electron chi connectivity index (χ0n) is 14.8. The fourth-order valence-electron chi connectivity index (χ4n) is 3.10. The highest BCUT2D eigenvalue weighted by Crippen LogP contribution is 2.40. The van der Waals surface area contributed by atoms with Gasteiger partial charge in [-0.15, -0.1) is 0 Å².